The molecule has 0 saturated carbocycles. The van der Waals surface area contributed by atoms with E-state index in [1.54, 1.807) is 0 Å². The average Bonchev–Trinajstić information content (AvgIpc) is 2.79. The van der Waals surface area contributed by atoms with Gasteiger partial charge in [0.1, 0.15) is 0 Å². The summed E-state index contributed by atoms with van der Waals surface area (Å²) in [7, 11) is 1.88. The molecule has 0 fully saturated rings. The number of benzene rings is 2. The zero-order valence-electron chi connectivity index (χ0n) is 19.2. The van der Waals surface area contributed by atoms with E-state index in [0.29, 0.717) is 30.0 Å². The third-order valence-corrected chi connectivity index (χ3v) is 5.42. The second-order valence-electron chi connectivity index (χ2n) is 7.76. The van der Waals surface area contributed by atoms with Crippen LogP contribution in [0.25, 0.3) is 0 Å². The van der Waals surface area contributed by atoms with Crippen LogP contribution in [0.5, 0.6) is 0 Å². The van der Waals surface area contributed by atoms with Crippen LogP contribution in [0.1, 0.15) is 16.7 Å². The standard InChI is InChI=1S/C22H25ClN12/c1-12-9-15(28-21-31-17(24)29-18(25)32-21)8-7-14(12)11-35(2)22-33-19(26)30-20(34-22)27-10-13-5-3-4-6-16(13)23/h3-9H,10-11H2,1-2H3,(H3,26,27,30,33,34)(H5,24,25,28,29,31,32). The summed E-state index contributed by atoms with van der Waals surface area (Å²) in [4.78, 5) is 26.7. The minimum Gasteiger partial charge on any atom is -0.368 e. The summed E-state index contributed by atoms with van der Waals surface area (Å²) in [6, 6.07) is 13.4. The Bertz CT molecular complexity index is 1330. The molecule has 35 heavy (non-hydrogen) atoms. The molecule has 0 aliphatic carbocycles. The second kappa shape index (κ2) is 10.2. The van der Waals surface area contributed by atoms with Crippen molar-refractivity contribution >= 4 is 53.0 Å². The Morgan fingerprint density at radius 3 is 2.23 bits per heavy atom. The molecule has 0 unspecified atom stereocenters. The SMILES string of the molecule is Cc1cc(Nc2nc(N)nc(N)n2)ccc1CN(C)c1nc(N)nc(NCc2ccccc2Cl)n1. The van der Waals surface area contributed by atoms with Crippen LogP contribution in [-0.4, -0.2) is 37.0 Å². The van der Waals surface area contributed by atoms with Gasteiger partial charge in [-0.15, -0.1) is 0 Å². The van der Waals surface area contributed by atoms with Crippen LogP contribution in [0.2, 0.25) is 5.02 Å². The number of nitrogen functional groups attached to an aromatic ring is 3. The first-order chi connectivity index (χ1) is 16.8. The lowest BCUT2D eigenvalue weighted by atomic mass is 10.1. The van der Waals surface area contributed by atoms with Crippen LogP contribution in [0.3, 0.4) is 0 Å². The van der Waals surface area contributed by atoms with Gasteiger partial charge < -0.3 is 32.7 Å². The van der Waals surface area contributed by atoms with Gasteiger partial charge in [0.2, 0.25) is 35.7 Å². The summed E-state index contributed by atoms with van der Waals surface area (Å²) < 4.78 is 0. The highest BCUT2D eigenvalue weighted by atomic mass is 35.5. The molecule has 0 amide bonds. The van der Waals surface area contributed by atoms with Gasteiger partial charge in [0, 0.05) is 30.8 Å². The van der Waals surface area contributed by atoms with E-state index < -0.39 is 0 Å². The zero-order chi connectivity index (χ0) is 24.9. The number of hydrogen-bond donors (Lipinski definition) is 5. The number of anilines is 7. The predicted molar refractivity (Wildman–Crippen MR) is 138 cm³/mol. The van der Waals surface area contributed by atoms with Crippen LogP contribution in [0.4, 0.5) is 41.4 Å². The molecule has 2 aromatic carbocycles. The molecular weight excluding hydrogens is 468 g/mol. The van der Waals surface area contributed by atoms with Crippen molar-refractivity contribution in [1.82, 2.24) is 29.9 Å². The Balaban J connectivity index is 1.45. The van der Waals surface area contributed by atoms with Crippen LogP contribution in [0, 0.1) is 6.92 Å². The van der Waals surface area contributed by atoms with Crippen molar-refractivity contribution in [1.29, 1.82) is 0 Å². The number of hydrogen-bond acceptors (Lipinski definition) is 12. The van der Waals surface area contributed by atoms with Crippen molar-refractivity contribution < 1.29 is 0 Å². The molecule has 0 aliphatic rings. The fraction of sp³-hybridized carbons (Fsp3) is 0.182. The minimum atomic E-state index is 0.0484. The number of rotatable bonds is 8. The average molecular weight is 493 g/mol. The highest BCUT2D eigenvalue weighted by Crippen LogP contribution is 2.22. The Labute approximate surface area is 207 Å². The molecule has 4 rings (SSSR count). The summed E-state index contributed by atoms with van der Waals surface area (Å²) in [5.41, 5.74) is 21.0. The zero-order valence-corrected chi connectivity index (χ0v) is 20.0. The maximum absolute atomic E-state index is 6.23. The highest BCUT2D eigenvalue weighted by molar-refractivity contribution is 6.31. The van der Waals surface area contributed by atoms with E-state index in [9.17, 15) is 0 Å². The highest BCUT2D eigenvalue weighted by Gasteiger charge is 2.12. The van der Waals surface area contributed by atoms with Crippen molar-refractivity contribution in [2.45, 2.75) is 20.0 Å². The fourth-order valence-corrected chi connectivity index (χ4v) is 3.52. The van der Waals surface area contributed by atoms with Gasteiger partial charge in [-0.3, -0.25) is 0 Å². The van der Waals surface area contributed by atoms with Crippen molar-refractivity contribution in [3.63, 3.8) is 0 Å². The van der Waals surface area contributed by atoms with Crippen LogP contribution in [0.15, 0.2) is 42.5 Å². The normalized spacial score (nSPS) is 10.7. The van der Waals surface area contributed by atoms with Gasteiger partial charge in [0.05, 0.1) is 0 Å². The van der Waals surface area contributed by atoms with E-state index in [-0.39, 0.29) is 23.8 Å². The molecule has 2 aromatic heterocycles. The molecule has 0 radical (unpaired) electrons. The third kappa shape index (κ3) is 6.12. The van der Waals surface area contributed by atoms with Gasteiger partial charge >= 0.3 is 0 Å². The van der Waals surface area contributed by atoms with Gasteiger partial charge in [-0.25, -0.2) is 0 Å². The Morgan fingerprint density at radius 2 is 1.51 bits per heavy atom. The summed E-state index contributed by atoms with van der Waals surface area (Å²) in [5, 5.41) is 6.90. The number of nitrogens with one attached hydrogen (secondary N) is 2. The molecule has 2 heterocycles. The first kappa shape index (κ1) is 23.7. The Hall–Kier alpha value is -4.45. The van der Waals surface area contributed by atoms with Crippen LogP contribution < -0.4 is 32.7 Å². The molecule has 0 saturated heterocycles. The Morgan fingerprint density at radius 1 is 0.829 bits per heavy atom. The molecule has 8 N–H and O–H groups in total. The predicted octanol–water partition coefficient (Wildman–Crippen LogP) is 2.76. The van der Waals surface area contributed by atoms with Crippen LogP contribution >= 0.6 is 11.6 Å². The lowest BCUT2D eigenvalue weighted by molar-refractivity contribution is 0.850. The summed E-state index contributed by atoms with van der Waals surface area (Å²) in [6.07, 6.45) is 0. The molecule has 0 spiro atoms. The number of halogens is 1. The maximum atomic E-state index is 6.23. The van der Waals surface area contributed by atoms with Crippen molar-refractivity contribution in [2.75, 3.05) is 39.8 Å². The second-order valence-corrected chi connectivity index (χ2v) is 8.17. The van der Waals surface area contributed by atoms with Crippen LogP contribution in [-0.2, 0) is 13.1 Å². The van der Waals surface area contributed by atoms with E-state index in [4.69, 9.17) is 28.8 Å². The maximum Gasteiger partial charge on any atom is 0.233 e. The Kier molecular flexibility index (Phi) is 6.92. The van der Waals surface area contributed by atoms with Gasteiger partial charge in [-0.2, -0.15) is 29.9 Å². The fourth-order valence-electron chi connectivity index (χ4n) is 3.32. The van der Waals surface area contributed by atoms with Crippen molar-refractivity contribution in [3.05, 3.63) is 64.2 Å². The number of aromatic nitrogens is 6. The first-order valence-corrected chi connectivity index (χ1v) is 11.0. The summed E-state index contributed by atoms with van der Waals surface area (Å²) in [5.74, 6) is 1.30. The van der Waals surface area contributed by atoms with Crippen molar-refractivity contribution in [2.24, 2.45) is 0 Å². The van der Waals surface area contributed by atoms with Crippen molar-refractivity contribution in [3.8, 4) is 0 Å². The molecule has 13 heteroatoms. The molecule has 0 bridgehead atoms. The summed E-state index contributed by atoms with van der Waals surface area (Å²) >= 11 is 6.23. The quantitative estimate of drug-likeness (QED) is 0.242. The van der Waals surface area contributed by atoms with Gasteiger partial charge in [-0.05, 0) is 41.8 Å². The van der Waals surface area contributed by atoms with Gasteiger partial charge in [0.15, 0.2) is 0 Å². The van der Waals surface area contributed by atoms with E-state index in [0.717, 1.165) is 22.4 Å². The van der Waals surface area contributed by atoms with Gasteiger partial charge in [-0.1, -0.05) is 35.9 Å². The van der Waals surface area contributed by atoms with E-state index in [1.165, 1.54) is 0 Å². The lowest BCUT2D eigenvalue weighted by Crippen LogP contribution is -2.21. The molecule has 180 valence electrons. The first-order valence-electron chi connectivity index (χ1n) is 10.6. The molecule has 12 nitrogen and oxygen atoms in total. The van der Waals surface area contributed by atoms with E-state index >= 15 is 0 Å². The number of aryl methyl sites for hydroxylation is 1. The third-order valence-electron chi connectivity index (χ3n) is 5.05. The number of nitrogens with two attached hydrogens (primary N) is 3. The topological polar surface area (TPSA) is 183 Å². The molecule has 0 atom stereocenters. The van der Waals surface area contributed by atoms with Gasteiger partial charge in [0.25, 0.3) is 0 Å². The minimum absolute atomic E-state index is 0.0484. The monoisotopic (exact) mass is 492 g/mol. The molecule has 0 aliphatic heterocycles. The molecule has 4 aromatic rings. The summed E-state index contributed by atoms with van der Waals surface area (Å²) in [6.45, 7) is 3.01. The molecular formula is C22H25ClN12. The van der Waals surface area contributed by atoms with E-state index in [2.05, 4.69) is 40.5 Å². The smallest absolute Gasteiger partial charge is 0.233 e. The largest absolute Gasteiger partial charge is 0.368 e. The number of nitrogens with zero attached hydrogens (tertiary/aromatic N) is 7. The lowest BCUT2D eigenvalue weighted by Gasteiger charge is -2.19. The van der Waals surface area contributed by atoms with E-state index in [1.807, 2.05) is 61.3 Å².